The van der Waals surface area contributed by atoms with Crippen LogP contribution in [-0.4, -0.2) is 20.0 Å². The van der Waals surface area contributed by atoms with Gasteiger partial charge >= 0.3 is 0 Å². The van der Waals surface area contributed by atoms with Crippen molar-refractivity contribution in [2.75, 3.05) is 14.2 Å². The predicted octanol–water partition coefficient (Wildman–Crippen LogP) is 4.35. The lowest BCUT2D eigenvalue weighted by atomic mass is 10.0. The summed E-state index contributed by atoms with van der Waals surface area (Å²) in [4.78, 5) is 12.7. The number of rotatable bonds is 4. The molecule has 0 atom stereocenters. The molecule has 0 unspecified atom stereocenters. The molecule has 0 aliphatic carbocycles. The molecular weight excluding hydrogens is 344 g/mol. The summed E-state index contributed by atoms with van der Waals surface area (Å²) in [6.45, 7) is 0. The number of carbonyl (C=O) groups is 1. The molecule has 0 N–H and O–H groups in total. The SMILES string of the molecule is COc1cccc(OC)c1C(=O)c1ccc(Br)cc1Cl. The summed E-state index contributed by atoms with van der Waals surface area (Å²) in [6.07, 6.45) is 0. The van der Waals surface area contributed by atoms with Gasteiger partial charge in [-0.25, -0.2) is 0 Å². The minimum absolute atomic E-state index is 0.239. The summed E-state index contributed by atoms with van der Waals surface area (Å²) < 4.78 is 11.3. The van der Waals surface area contributed by atoms with Crippen molar-refractivity contribution >= 4 is 33.3 Å². The second kappa shape index (κ2) is 6.29. The molecular formula is C15H12BrClO3. The first-order valence-electron chi connectivity index (χ1n) is 5.79. The molecule has 3 nitrogen and oxygen atoms in total. The summed E-state index contributed by atoms with van der Waals surface area (Å²) in [5.74, 6) is 0.665. The molecule has 104 valence electrons. The van der Waals surface area contributed by atoms with Crippen molar-refractivity contribution in [1.29, 1.82) is 0 Å². The molecule has 0 aromatic heterocycles. The third-order valence-electron chi connectivity index (χ3n) is 2.83. The number of hydrogen-bond acceptors (Lipinski definition) is 3. The van der Waals surface area contributed by atoms with Crippen molar-refractivity contribution < 1.29 is 14.3 Å². The van der Waals surface area contributed by atoms with Gasteiger partial charge in [-0.2, -0.15) is 0 Å². The van der Waals surface area contributed by atoms with E-state index in [1.807, 2.05) is 0 Å². The minimum atomic E-state index is -0.239. The average Bonchev–Trinajstić information content (AvgIpc) is 2.45. The Hall–Kier alpha value is -1.52. The van der Waals surface area contributed by atoms with Crippen molar-refractivity contribution in [3.63, 3.8) is 0 Å². The van der Waals surface area contributed by atoms with Crippen molar-refractivity contribution in [3.8, 4) is 11.5 Å². The molecule has 0 saturated heterocycles. The monoisotopic (exact) mass is 354 g/mol. The Kier molecular flexibility index (Phi) is 4.68. The van der Waals surface area contributed by atoms with Gasteiger partial charge in [0.25, 0.3) is 0 Å². The first-order valence-corrected chi connectivity index (χ1v) is 6.96. The largest absolute Gasteiger partial charge is 0.496 e. The van der Waals surface area contributed by atoms with Gasteiger partial charge in [0.1, 0.15) is 17.1 Å². The normalized spacial score (nSPS) is 10.2. The summed E-state index contributed by atoms with van der Waals surface area (Å²) in [5.41, 5.74) is 0.763. The van der Waals surface area contributed by atoms with Crippen LogP contribution in [0.25, 0.3) is 0 Å². The van der Waals surface area contributed by atoms with Gasteiger partial charge in [0.15, 0.2) is 0 Å². The van der Waals surface area contributed by atoms with E-state index in [4.69, 9.17) is 21.1 Å². The van der Waals surface area contributed by atoms with Gasteiger partial charge in [-0.15, -0.1) is 0 Å². The number of benzene rings is 2. The molecule has 0 aliphatic rings. The fraction of sp³-hybridized carbons (Fsp3) is 0.133. The van der Waals surface area contributed by atoms with E-state index >= 15 is 0 Å². The fourth-order valence-electron chi connectivity index (χ4n) is 1.88. The van der Waals surface area contributed by atoms with E-state index in [2.05, 4.69) is 15.9 Å². The third kappa shape index (κ3) is 2.81. The number of carbonyl (C=O) groups excluding carboxylic acids is 1. The van der Waals surface area contributed by atoms with Gasteiger partial charge in [0.2, 0.25) is 5.78 Å². The van der Waals surface area contributed by atoms with Gasteiger partial charge in [-0.1, -0.05) is 33.6 Å². The molecule has 2 aromatic carbocycles. The zero-order valence-electron chi connectivity index (χ0n) is 10.9. The Morgan fingerprint density at radius 3 is 2.20 bits per heavy atom. The molecule has 0 saturated carbocycles. The highest BCUT2D eigenvalue weighted by Crippen LogP contribution is 2.33. The van der Waals surface area contributed by atoms with Crippen LogP contribution in [0.4, 0.5) is 0 Å². The highest BCUT2D eigenvalue weighted by atomic mass is 79.9. The molecule has 0 heterocycles. The lowest BCUT2D eigenvalue weighted by Gasteiger charge is -2.12. The summed E-state index contributed by atoms with van der Waals surface area (Å²) in [7, 11) is 3.02. The summed E-state index contributed by atoms with van der Waals surface area (Å²) in [5, 5.41) is 0.373. The molecule has 0 fully saturated rings. The first-order chi connectivity index (χ1) is 9.58. The van der Waals surface area contributed by atoms with E-state index in [-0.39, 0.29) is 5.78 Å². The van der Waals surface area contributed by atoms with E-state index in [1.54, 1.807) is 36.4 Å². The Balaban J connectivity index is 2.58. The van der Waals surface area contributed by atoms with Crippen LogP contribution >= 0.6 is 27.5 Å². The van der Waals surface area contributed by atoms with Crippen LogP contribution in [0.1, 0.15) is 15.9 Å². The number of halogens is 2. The molecule has 0 radical (unpaired) electrons. The van der Waals surface area contributed by atoms with E-state index < -0.39 is 0 Å². The smallest absolute Gasteiger partial charge is 0.202 e. The highest BCUT2D eigenvalue weighted by molar-refractivity contribution is 9.10. The number of ketones is 1. The van der Waals surface area contributed by atoms with Crippen LogP contribution in [-0.2, 0) is 0 Å². The van der Waals surface area contributed by atoms with Crippen LogP contribution in [0, 0.1) is 0 Å². The molecule has 2 aromatic rings. The van der Waals surface area contributed by atoms with Gasteiger partial charge in [0, 0.05) is 10.0 Å². The predicted molar refractivity (Wildman–Crippen MR) is 82.1 cm³/mol. The minimum Gasteiger partial charge on any atom is -0.496 e. The van der Waals surface area contributed by atoms with Gasteiger partial charge in [0.05, 0.1) is 19.2 Å². The zero-order valence-corrected chi connectivity index (χ0v) is 13.3. The fourth-order valence-corrected chi connectivity index (χ4v) is 2.64. The van der Waals surface area contributed by atoms with Crippen molar-refractivity contribution in [2.45, 2.75) is 0 Å². The molecule has 5 heteroatoms. The Labute approximate surface area is 130 Å². The van der Waals surface area contributed by atoms with E-state index in [9.17, 15) is 4.79 Å². The lowest BCUT2D eigenvalue weighted by molar-refractivity contribution is 0.103. The van der Waals surface area contributed by atoms with Crippen LogP contribution in [0.15, 0.2) is 40.9 Å². The topological polar surface area (TPSA) is 35.5 Å². The van der Waals surface area contributed by atoms with Gasteiger partial charge < -0.3 is 9.47 Å². The van der Waals surface area contributed by atoms with Gasteiger partial charge in [-0.05, 0) is 30.3 Å². The van der Waals surface area contributed by atoms with Crippen LogP contribution in [0.5, 0.6) is 11.5 Å². The number of methoxy groups -OCH3 is 2. The third-order valence-corrected chi connectivity index (χ3v) is 3.64. The Bertz CT molecular complexity index is 633. The summed E-state index contributed by atoms with van der Waals surface area (Å²) in [6, 6.07) is 10.3. The molecule has 20 heavy (non-hydrogen) atoms. The summed E-state index contributed by atoms with van der Waals surface area (Å²) >= 11 is 9.45. The highest BCUT2D eigenvalue weighted by Gasteiger charge is 2.21. The van der Waals surface area contributed by atoms with E-state index in [0.717, 1.165) is 4.47 Å². The van der Waals surface area contributed by atoms with Gasteiger partial charge in [-0.3, -0.25) is 4.79 Å². The second-order valence-electron chi connectivity index (χ2n) is 3.99. The molecule has 0 bridgehead atoms. The maximum atomic E-state index is 12.7. The maximum absolute atomic E-state index is 12.7. The first kappa shape index (κ1) is 14.9. The quantitative estimate of drug-likeness (QED) is 0.765. The lowest BCUT2D eigenvalue weighted by Crippen LogP contribution is -2.07. The molecule has 2 rings (SSSR count). The molecule has 0 spiro atoms. The number of hydrogen-bond donors (Lipinski definition) is 0. The zero-order chi connectivity index (χ0) is 14.7. The second-order valence-corrected chi connectivity index (χ2v) is 5.31. The van der Waals surface area contributed by atoms with Crippen LogP contribution in [0.3, 0.4) is 0 Å². The van der Waals surface area contributed by atoms with Crippen LogP contribution < -0.4 is 9.47 Å². The van der Waals surface area contributed by atoms with Crippen LogP contribution in [0.2, 0.25) is 5.02 Å². The van der Waals surface area contributed by atoms with E-state index in [1.165, 1.54) is 14.2 Å². The number of ether oxygens (including phenoxy) is 2. The van der Waals surface area contributed by atoms with Crippen molar-refractivity contribution in [3.05, 3.63) is 57.0 Å². The Morgan fingerprint density at radius 2 is 1.70 bits per heavy atom. The maximum Gasteiger partial charge on any atom is 0.202 e. The van der Waals surface area contributed by atoms with Crippen molar-refractivity contribution in [1.82, 2.24) is 0 Å². The Morgan fingerprint density at radius 1 is 1.10 bits per heavy atom. The molecule has 0 amide bonds. The van der Waals surface area contributed by atoms with Crippen molar-refractivity contribution in [2.24, 2.45) is 0 Å². The molecule has 0 aliphatic heterocycles. The standard InChI is InChI=1S/C15H12BrClO3/c1-19-12-4-3-5-13(20-2)14(12)15(18)10-7-6-9(16)8-11(10)17/h3-8H,1-2H3. The average molecular weight is 356 g/mol. The van der Waals surface area contributed by atoms with E-state index in [0.29, 0.717) is 27.6 Å².